The lowest BCUT2D eigenvalue weighted by atomic mass is 9.97. The van der Waals surface area contributed by atoms with Crippen molar-refractivity contribution in [2.24, 2.45) is 5.92 Å². The normalized spacial score (nSPS) is 18.1. The van der Waals surface area contributed by atoms with Gasteiger partial charge < -0.3 is 10.2 Å². The smallest absolute Gasteiger partial charge is 0.246 e. The van der Waals surface area contributed by atoms with Crippen LogP contribution >= 0.6 is 0 Å². The van der Waals surface area contributed by atoms with Crippen LogP contribution in [0.3, 0.4) is 0 Å². The lowest BCUT2D eigenvalue weighted by molar-refractivity contribution is -0.127. The first-order valence-corrected chi connectivity index (χ1v) is 8.47. The highest BCUT2D eigenvalue weighted by Crippen LogP contribution is 2.16. The molecule has 4 heteroatoms. The Morgan fingerprint density at radius 2 is 2.09 bits per heavy atom. The molecule has 23 heavy (non-hydrogen) atoms. The number of hydrogen-bond acceptors (Lipinski definition) is 2. The first kappa shape index (κ1) is 17.3. The summed E-state index contributed by atoms with van der Waals surface area (Å²) in [6.45, 7) is 4.20. The molecule has 1 aliphatic rings. The molecule has 1 atom stereocenters. The minimum Gasteiger partial charge on any atom is -0.356 e. The molecule has 1 fully saturated rings. The summed E-state index contributed by atoms with van der Waals surface area (Å²) in [6.07, 6.45) is 7.01. The Kier molecular flexibility index (Phi) is 6.85. The Hall–Kier alpha value is -2.10. The van der Waals surface area contributed by atoms with Crippen LogP contribution in [-0.2, 0) is 9.59 Å². The van der Waals surface area contributed by atoms with Gasteiger partial charge in [0.1, 0.15) is 0 Å². The summed E-state index contributed by atoms with van der Waals surface area (Å²) in [5, 5.41) is 2.98. The first-order chi connectivity index (χ1) is 11.2. The standard InChI is InChI=1S/C19H26N2O2/c1-2-7-18(22)20-14-17-10-6-13-21(15-17)19(23)12-11-16-8-4-3-5-9-16/h3-5,8-9,11-12,17H,2,6-7,10,13-15H2,1H3,(H,20,22)/b12-11+. The van der Waals surface area contributed by atoms with E-state index in [9.17, 15) is 9.59 Å². The van der Waals surface area contributed by atoms with E-state index in [-0.39, 0.29) is 11.8 Å². The van der Waals surface area contributed by atoms with Crippen molar-refractivity contribution in [1.29, 1.82) is 0 Å². The molecule has 1 aromatic carbocycles. The number of likely N-dealkylation sites (tertiary alicyclic amines) is 1. The molecular weight excluding hydrogens is 288 g/mol. The van der Waals surface area contributed by atoms with Crippen molar-refractivity contribution in [3.63, 3.8) is 0 Å². The highest BCUT2D eigenvalue weighted by Gasteiger charge is 2.22. The van der Waals surface area contributed by atoms with Crippen LogP contribution in [0, 0.1) is 5.92 Å². The zero-order valence-corrected chi connectivity index (χ0v) is 13.8. The second kappa shape index (κ2) is 9.13. The summed E-state index contributed by atoms with van der Waals surface area (Å²) < 4.78 is 0. The van der Waals surface area contributed by atoms with Crippen molar-refractivity contribution in [3.8, 4) is 0 Å². The molecule has 1 N–H and O–H groups in total. The number of carbonyl (C=O) groups is 2. The maximum atomic E-state index is 12.3. The summed E-state index contributed by atoms with van der Waals surface area (Å²) in [5.74, 6) is 0.525. The zero-order valence-electron chi connectivity index (χ0n) is 13.8. The monoisotopic (exact) mass is 314 g/mol. The summed E-state index contributed by atoms with van der Waals surface area (Å²) in [6, 6.07) is 9.83. The summed E-state index contributed by atoms with van der Waals surface area (Å²) in [4.78, 5) is 25.8. The number of piperidine rings is 1. The molecular formula is C19H26N2O2. The van der Waals surface area contributed by atoms with Crippen molar-refractivity contribution >= 4 is 17.9 Å². The van der Waals surface area contributed by atoms with Gasteiger partial charge in [0, 0.05) is 32.1 Å². The van der Waals surface area contributed by atoms with E-state index in [1.807, 2.05) is 48.2 Å². The summed E-state index contributed by atoms with van der Waals surface area (Å²) in [5.41, 5.74) is 1.03. The number of benzene rings is 1. The maximum absolute atomic E-state index is 12.3. The SMILES string of the molecule is CCCC(=O)NCC1CCCN(C(=O)/C=C/c2ccccc2)C1. The molecule has 1 heterocycles. The Morgan fingerprint density at radius 3 is 2.83 bits per heavy atom. The minimum absolute atomic E-state index is 0.0541. The largest absolute Gasteiger partial charge is 0.356 e. The topological polar surface area (TPSA) is 49.4 Å². The lowest BCUT2D eigenvalue weighted by Gasteiger charge is -2.32. The van der Waals surface area contributed by atoms with Crippen LogP contribution in [0.2, 0.25) is 0 Å². The number of rotatable bonds is 6. The predicted molar refractivity (Wildman–Crippen MR) is 92.7 cm³/mol. The van der Waals surface area contributed by atoms with Crippen LogP contribution < -0.4 is 5.32 Å². The molecule has 2 amide bonds. The molecule has 124 valence electrons. The predicted octanol–water partition coefficient (Wildman–Crippen LogP) is 2.85. The van der Waals surface area contributed by atoms with E-state index in [0.717, 1.165) is 37.9 Å². The second-order valence-electron chi connectivity index (χ2n) is 6.09. The average Bonchev–Trinajstić information content (AvgIpc) is 2.59. The Bertz CT molecular complexity index is 540. The molecule has 1 aromatic rings. The number of nitrogens with zero attached hydrogens (tertiary/aromatic N) is 1. The highest BCUT2D eigenvalue weighted by atomic mass is 16.2. The molecule has 0 aromatic heterocycles. The van der Waals surface area contributed by atoms with E-state index in [0.29, 0.717) is 18.9 Å². The molecule has 0 aliphatic carbocycles. The van der Waals surface area contributed by atoms with E-state index in [1.54, 1.807) is 6.08 Å². The number of carbonyl (C=O) groups excluding carboxylic acids is 2. The van der Waals surface area contributed by atoms with Crippen LogP contribution in [0.15, 0.2) is 36.4 Å². The maximum Gasteiger partial charge on any atom is 0.246 e. The first-order valence-electron chi connectivity index (χ1n) is 8.47. The fourth-order valence-electron chi connectivity index (χ4n) is 2.84. The fraction of sp³-hybridized carbons (Fsp3) is 0.474. The van der Waals surface area contributed by atoms with Gasteiger partial charge in [-0.15, -0.1) is 0 Å². The van der Waals surface area contributed by atoms with E-state index in [4.69, 9.17) is 0 Å². The Balaban J connectivity index is 1.81. The van der Waals surface area contributed by atoms with Crippen molar-refractivity contribution in [1.82, 2.24) is 10.2 Å². The Labute approximate surface area is 138 Å². The summed E-state index contributed by atoms with van der Waals surface area (Å²) >= 11 is 0. The van der Waals surface area contributed by atoms with Gasteiger partial charge in [-0.2, -0.15) is 0 Å². The third kappa shape index (κ3) is 5.89. The van der Waals surface area contributed by atoms with Gasteiger partial charge in [0.05, 0.1) is 0 Å². The molecule has 0 radical (unpaired) electrons. The van der Waals surface area contributed by atoms with Gasteiger partial charge in [0.25, 0.3) is 0 Å². The van der Waals surface area contributed by atoms with Crippen molar-refractivity contribution < 1.29 is 9.59 Å². The number of amides is 2. The molecule has 0 bridgehead atoms. The van der Waals surface area contributed by atoms with Crippen molar-refractivity contribution in [2.75, 3.05) is 19.6 Å². The highest BCUT2D eigenvalue weighted by molar-refractivity contribution is 5.91. The van der Waals surface area contributed by atoms with Crippen LogP contribution in [0.25, 0.3) is 6.08 Å². The van der Waals surface area contributed by atoms with Crippen LogP contribution in [0.5, 0.6) is 0 Å². The van der Waals surface area contributed by atoms with Crippen LogP contribution in [-0.4, -0.2) is 36.3 Å². The van der Waals surface area contributed by atoms with Gasteiger partial charge in [-0.3, -0.25) is 9.59 Å². The van der Waals surface area contributed by atoms with E-state index < -0.39 is 0 Å². The van der Waals surface area contributed by atoms with Gasteiger partial charge in [-0.25, -0.2) is 0 Å². The Morgan fingerprint density at radius 1 is 1.30 bits per heavy atom. The summed E-state index contributed by atoms with van der Waals surface area (Å²) in [7, 11) is 0. The quantitative estimate of drug-likeness (QED) is 0.821. The zero-order chi connectivity index (χ0) is 16.5. The van der Waals surface area contributed by atoms with E-state index in [1.165, 1.54) is 0 Å². The van der Waals surface area contributed by atoms with Gasteiger partial charge >= 0.3 is 0 Å². The van der Waals surface area contributed by atoms with Gasteiger partial charge in [-0.1, -0.05) is 37.3 Å². The van der Waals surface area contributed by atoms with Gasteiger partial charge in [0.15, 0.2) is 0 Å². The third-order valence-electron chi connectivity index (χ3n) is 4.11. The van der Waals surface area contributed by atoms with Crippen LogP contribution in [0.1, 0.15) is 38.2 Å². The van der Waals surface area contributed by atoms with Gasteiger partial charge in [0.2, 0.25) is 11.8 Å². The van der Waals surface area contributed by atoms with Crippen LogP contribution in [0.4, 0.5) is 0 Å². The molecule has 2 rings (SSSR count). The third-order valence-corrected chi connectivity index (χ3v) is 4.11. The second-order valence-corrected chi connectivity index (χ2v) is 6.09. The lowest BCUT2D eigenvalue weighted by Crippen LogP contribution is -2.43. The molecule has 4 nitrogen and oxygen atoms in total. The minimum atomic E-state index is 0.0541. The molecule has 1 unspecified atom stereocenters. The van der Waals surface area contributed by atoms with E-state index >= 15 is 0 Å². The average molecular weight is 314 g/mol. The van der Waals surface area contributed by atoms with Gasteiger partial charge in [-0.05, 0) is 36.8 Å². The molecule has 1 saturated heterocycles. The number of nitrogens with one attached hydrogen (secondary N) is 1. The number of hydrogen-bond donors (Lipinski definition) is 1. The fourth-order valence-corrected chi connectivity index (χ4v) is 2.84. The van der Waals surface area contributed by atoms with Crippen molar-refractivity contribution in [2.45, 2.75) is 32.6 Å². The molecule has 0 spiro atoms. The molecule has 0 saturated carbocycles. The van der Waals surface area contributed by atoms with Crippen molar-refractivity contribution in [3.05, 3.63) is 42.0 Å². The van der Waals surface area contributed by atoms with E-state index in [2.05, 4.69) is 5.32 Å². The molecule has 1 aliphatic heterocycles.